The average Bonchev–Trinajstić information content (AvgIpc) is 2.99. The van der Waals surface area contributed by atoms with Crippen molar-refractivity contribution in [3.8, 4) is 5.75 Å². The van der Waals surface area contributed by atoms with Crippen molar-refractivity contribution in [2.45, 2.75) is 13.0 Å². The predicted molar refractivity (Wildman–Crippen MR) is 96.5 cm³/mol. The number of aryl methyl sites for hydroxylation is 1. The first-order valence-electron chi connectivity index (χ1n) is 8.17. The topological polar surface area (TPSA) is 56.1 Å². The van der Waals surface area contributed by atoms with Gasteiger partial charge in [0.05, 0.1) is 17.8 Å². The summed E-state index contributed by atoms with van der Waals surface area (Å²) in [6.07, 6.45) is 1.59. The third-order valence-electron chi connectivity index (χ3n) is 4.15. The second-order valence-corrected chi connectivity index (χ2v) is 5.83. The lowest BCUT2D eigenvalue weighted by atomic mass is 10.1. The fourth-order valence-corrected chi connectivity index (χ4v) is 2.56. The van der Waals surface area contributed by atoms with Crippen molar-refractivity contribution >= 4 is 5.91 Å². The van der Waals surface area contributed by atoms with Gasteiger partial charge in [0, 0.05) is 12.7 Å². The maximum atomic E-state index is 12.7. The van der Waals surface area contributed by atoms with Gasteiger partial charge in [-0.15, -0.1) is 0 Å². The predicted octanol–water partition coefficient (Wildman–Crippen LogP) is 3.28. The summed E-state index contributed by atoms with van der Waals surface area (Å²) in [7, 11) is 1.82. The molecular formula is C20H21N3O2. The van der Waals surface area contributed by atoms with Crippen LogP contribution in [0.15, 0.2) is 66.9 Å². The first kappa shape index (κ1) is 16.8. The Morgan fingerprint density at radius 2 is 1.76 bits per heavy atom. The number of amides is 1. The smallest absolute Gasteiger partial charge is 0.255 e. The van der Waals surface area contributed by atoms with Crippen LogP contribution in [0.25, 0.3) is 0 Å². The minimum atomic E-state index is -0.256. The van der Waals surface area contributed by atoms with Gasteiger partial charge in [-0.3, -0.25) is 9.48 Å². The van der Waals surface area contributed by atoms with Crippen LogP contribution in [0.3, 0.4) is 0 Å². The van der Waals surface area contributed by atoms with Gasteiger partial charge in [-0.25, -0.2) is 0 Å². The summed E-state index contributed by atoms with van der Waals surface area (Å²) in [6.45, 7) is 2.22. The van der Waals surface area contributed by atoms with Crippen molar-refractivity contribution < 1.29 is 9.53 Å². The van der Waals surface area contributed by atoms with Gasteiger partial charge < -0.3 is 10.1 Å². The van der Waals surface area contributed by atoms with Crippen molar-refractivity contribution in [3.05, 3.63) is 83.7 Å². The lowest BCUT2D eigenvalue weighted by Gasteiger charge is -2.20. The molecule has 3 rings (SSSR count). The molecule has 25 heavy (non-hydrogen) atoms. The quantitative estimate of drug-likeness (QED) is 0.752. The van der Waals surface area contributed by atoms with E-state index in [1.54, 1.807) is 10.9 Å². The van der Waals surface area contributed by atoms with Crippen molar-refractivity contribution in [1.82, 2.24) is 15.1 Å². The molecule has 5 heteroatoms. The van der Waals surface area contributed by atoms with Crippen molar-refractivity contribution in [2.75, 3.05) is 6.61 Å². The van der Waals surface area contributed by atoms with Crippen LogP contribution in [-0.4, -0.2) is 22.3 Å². The number of benzene rings is 2. The summed E-state index contributed by atoms with van der Waals surface area (Å²) in [6, 6.07) is 19.1. The molecule has 0 bridgehead atoms. The standard InChI is InChI=1S/C20H21N3O2/c1-15-18(13-21-23(15)2)20(24)22-19(16-9-5-3-6-10-16)14-25-17-11-7-4-8-12-17/h3-13,19H,14H2,1-2H3,(H,22,24)/t19-/m1/s1. The largest absolute Gasteiger partial charge is 0.491 e. The molecule has 1 heterocycles. The van der Waals surface area contributed by atoms with Crippen LogP contribution in [0.1, 0.15) is 27.7 Å². The second-order valence-electron chi connectivity index (χ2n) is 5.83. The Morgan fingerprint density at radius 1 is 1.12 bits per heavy atom. The number of hydrogen-bond acceptors (Lipinski definition) is 3. The number of hydrogen-bond donors (Lipinski definition) is 1. The first-order chi connectivity index (χ1) is 12.1. The fourth-order valence-electron chi connectivity index (χ4n) is 2.56. The van der Waals surface area contributed by atoms with E-state index in [2.05, 4.69) is 10.4 Å². The lowest BCUT2D eigenvalue weighted by molar-refractivity contribution is 0.0920. The van der Waals surface area contributed by atoms with E-state index in [1.807, 2.05) is 74.6 Å². The number of ether oxygens (including phenoxy) is 1. The molecule has 1 atom stereocenters. The Labute approximate surface area is 147 Å². The number of carbonyl (C=O) groups excluding carboxylic acids is 1. The highest BCUT2D eigenvalue weighted by atomic mass is 16.5. The van der Waals surface area contributed by atoms with E-state index in [0.717, 1.165) is 17.0 Å². The summed E-state index contributed by atoms with van der Waals surface area (Å²) >= 11 is 0. The summed E-state index contributed by atoms with van der Waals surface area (Å²) in [5.41, 5.74) is 2.39. The van der Waals surface area contributed by atoms with E-state index in [9.17, 15) is 4.79 Å². The highest BCUT2D eigenvalue weighted by molar-refractivity contribution is 5.95. The van der Waals surface area contributed by atoms with Crippen LogP contribution < -0.4 is 10.1 Å². The Morgan fingerprint density at radius 3 is 2.36 bits per heavy atom. The van der Waals surface area contributed by atoms with Gasteiger partial charge in [0.2, 0.25) is 0 Å². The maximum absolute atomic E-state index is 12.7. The van der Waals surface area contributed by atoms with E-state index < -0.39 is 0 Å². The molecule has 0 aliphatic rings. The SMILES string of the molecule is Cc1c(C(=O)N[C@H](COc2ccccc2)c2ccccc2)cnn1C. The van der Waals surface area contributed by atoms with E-state index in [1.165, 1.54) is 0 Å². The van der Waals surface area contributed by atoms with E-state index in [4.69, 9.17) is 4.74 Å². The highest BCUT2D eigenvalue weighted by Crippen LogP contribution is 2.17. The maximum Gasteiger partial charge on any atom is 0.255 e. The number of rotatable bonds is 6. The monoisotopic (exact) mass is 335 g/mol. The molecule has 0 aliphatic heterocycles. The molecule has 0 aliphatic carbocycles. The van der Waals surface area contributed by atoms with Crippen molar-refractivity contribution in [3.63, 3.8) is 0 Å². The zero-order valence-electron chi connectivity index (χ0n) is 14.3. The third-order valence-corrected chi connectivity index (χ3v) is 4.15. The molecule has 1 amide bonds. The lowest BCUT2D eigenvalue weighted by Crippen LogP contribution is -2.32. The number of nitrogens with one attached hydrogen (secondary N) is 1. The first-order valence-corrected chi connectivity index (χ1v) is 8.17. The Kier molecular flexibility index (Phi) is 5.14. The third kappa shape index (κ3) is 4.07. The van der Waals surface area contributed by atoms with E-state index >= 15 is 0 Å². The fraction of sp³-hybridized carbons (Fsp3) is 0.200. The van der Waals surface area contributed by atoms with Gasteiger partial charge >= 0.3 is 0 Å². The Balaban J connectivity index is 1.77. The Bertz CT molecular complexity index is 829. The minimum Gasteiger partial charge on any atom is -0.491 e. The number of nitrogens with zero attached hydrogens (tertiary/aromatic N) is 2. The molecule has 2 aromatic carbocycles. The van der Waals surface area contributed by atoms with Crippen LogP contribution >= 0.6 is 0 Å². The zero-order chi connectivity index (χ0) is 17.6. The normalized spacial score (nSPS) is 11.8. The highest BCUT2D eigenvalue weighted by Gasteiger charge is 2.19. The summed E-state index contributed by atoms with van der Waals surface area (Å²) < 4.78 is 7.55. The van der Waals surface area contributed by atoms with Gasteiger partial charge in [-0.1, -0.05) is 48.5 Å². The van der Waals surface area contributed by atoms with Crippen LogP contribution in [0.5, 0.6) is 5.75 Å². The van der Waals surface area contributed by atoms with E-state index in [0.29, 0.717) is 12.2 Å². The van der Waals surface area contributed by atoms with Crippen molar-refractivity contribution in [2.24, 2.45) is 7.05 Å². The number of para-hydroxylation sites is 1. The zero-order valence-corrected chi connectivity index (χ0v) is 14.3. The molecule has 1 aromatic heterocycles. The number of carbonyl (C=O) groups is 1. The Hall–Kier alpha value is -3.08. The van der Waals surface area contributed by atoms with Gasteiger partial charge in [0.15, 0.2) is 0 Å². The molecule has 0 spiro atoms. The molecule has 0 saturated heterocycles. The summed E-state index contributed by atoms with van der Waals surface area (Å²) in [4.78, 5) is 12.7. The summed E-state index contributed by atoms with van der Waals surface area (Å²) in [5, 5.41) is 7.19. The van der Waals surface area contributed by atoms with Crippen LogP contribution in [0, 0.1) is 6.92 Å². The van der Waals surface area contributed by atoms with Gasteiger partial charge in [0.25, 0.3) is 5.91 Å². The molecule has 128 valence electrons. The molecule has 0 radical (unpaired) electrons. The molecule has 3 aromatic rings. The van der Waals surface area contributed by atoms with Crippen molar-refractivity contribution in [1.29, 1.82) is 0 Å². The van der Waals surface area contributed by atoms with Gasteiger partial charge in [-0.05, 0) is 24.6 Å². The number of aromatic nitrogens is 2. The molecule has 0 saturated carbocycles. The minimum absolute atomic E-state index is 0.156. The molecule has 1 N–H and O–H groups in total. The van der Waals surface area contributed by atoms with Gasteiger partial charge in [-0.2, -0.15) is 5.10 Å². The molecule has 0 fully saturated rings. The average molecular weight is 335 g/mol. The molecule has 5 nitrogen and oxygen atoms in total. The van der Waals surface area contributed by atoms with Crippen LogP contribution in [0.2, 0.25) is 0 Å². The second kappa shape index (κ2) is 7.66. The van der Waals surface area contributed by atoms with Gasteiger partial charge in [0.1, 0.15) is 12.4 Å². The molecular weight excluding hydrogens is 314 g/mol. The molecule has 0 unspecified atom stereocenters. The summed E-state index contributed by atoms with van der Waals surface area (Å²) in [5.74, 6) is 0.617. The van der Waals surface area contributed by atoms with Crippen LogP contribution in [0.4, 0.5) is 0 Å². The van der Waals surface area contributed by atoms with Crippen LogP contribution in [-0.2, 0) is 7.05 Å². The van der Waals surface area contributed by atoms with E-state index in [-0.39, 0.29) is 11.9 Å².